The third-order valence-electron chi connectivity index (χ3n) is 5.99. The summed E-state index contributed by atoms with van der Waals surface area (Å²) < 4.78 is 0.459. The number of likely N-dealkylation sites (N-methyl/N-ethyl adjacent to an activating group) is 2. The number of hydrogen-bond acceptors (Lipinski definition) is 4. The number of unbranched alkanes of at least 4 members (excludes halogenated alkanes) is 15. The van der Waals surface area contributed by atoms with Gasteiger partial charge in [0.15, 0.2) is 0 Å². The Bertz CT molecular complexity index is 462. The minimum atomic E-state index is -0.904. The zero-order valence-corrected chi connectivity index (χ0v) is 22.9. The van der Waals surface area contributed by atoms with E-state index in [-0.39, 0.29) is 12.6 Å². The van der Waals surface area contributed by atoms with Crippen LogP contribution >= 0.6 is 0 Å². The Hall–Kier alpha value is -1.14. The number of quaternary nitrogens is 1. The highest BCUT2D eigenvalue weighted by molar-refractivity contribution is 5.69. The van der Waals surface area contributed by atoms with Gasteiger partial charge in [-0.1, -0.05) is 103 Å². The first-order chi connectivity index (χ1) is 15.5. The molecule has 33 heavy (non-hydrogen) atoms. The smallest absolute Gasteiger partial charge is 0.317 e. The summed E-state index contributed by atoms with van der Waals surface area (Å²) in [6.07, 6.45) is 22.3. The van der Waals surface area contributed by atoms with Crippen molar-refractivity contribution in [1.29, 1.82) is 0 Å². The Morgan fingerprint density at radius 2 is 1.06 bits per heavy atom. The van der Waals surface area contributed by atoms with E-state index in [2.05, 4.69) is 6.92 Å². The van der Waals surface area contributed by atoms with Crippen molar-refractivity contribution in [2.75, 3.05) is 41.8 Å². The van der Waals surface area contributed by atoms with E-state index < -0.39 is 11.9 Å². The normalized spacial score (nSPS) is 12.3. The Morgan fingerprint density at radius 3 is 1.27 bits per heavy atom. The van der Waals surface area contributed by atoms with Crippen molar-refractivity contribution in [1.82, 2.24) is 4.90 Å². The predicted octanol–water partition coefficient (Wildman–Crippen LogP) is 5.10. The largest absolute Gasteiger partial charge is 0.544 e. The van der Waals surface area contributed by atoms with Gasteiger partial charge in [-0.2, -0.15) is 0 Å². The van der Waals surface area contributed by atoms with Crippen molar-refractivity contribution in [3.63, 3.8) is 0 Å². The van der Waals surface area contributed by atoms with Crippen molar-refractivity contribution in [2.24, 2.45) is 0 Å². The molecule has 1 unspecified atom stereocenters. The van der Waals surface area contributed by atoms with E-state index in [1.807, 2.05) is 21.1 Å². The summed E-state index contributed by atoms with van der Waals surface area (Å²) in [6, 6.07) is -0.373. The molecule has 6 nitrogen and oxygen atoms in total. The second-order valence-corrected chi connectivity index (χ2v) is 10.7. The van der Waals surface area contributed by atoms with Crippen molar-refractivity contribution < 1.29 is 24.3 Å². The van der Waals surface area contributed by atoms with Crippen molar-refractivity contribution in [3.8, 4) is 0 Å². The van der Waals surface area contributed by atoms with E-state index in [1.54, 1.807) is 19.0 Å². The molecule has 0 aliphatic heterocycles. The molecule has 0 rings (SSSR count). The number of carbonyl (C=O) groups excluding carboxylic acids is 1. The molecule has 0 heterocycles. The Morgan fingerprint density at radius 1 is 0.727 bits per heavy atom. The maximum absolute atomic E-state index is 11.2. The van der Waals surface area contributed by atoms with Crippen LogP contribution in [0.2, 0.25) is 0 Å². The van der Waals surface area contributed by atoms with Crippen LogP contribution in [0.1, 0.15) is 116 Å². The number of rotatable bonds is 21. The zero-order valence-electron chi connectivity index (χ0n) is 22.9. The first kappa shape index (κ1) is 34.0. The highest BCUT2D eigenvalue weighted by Crippen LogP contribution is 2.16. The molecule has 0 aromatic carbocycles. The topological polar surface area (TPSA) is 80.7 Å². The summed E-state index contributed by atoms with van der Waals surface area (Å²) in [4.78, 5) is 22.6. The summed E-state index contributed by atoms with van der Waals surface area (Å²) in [5.74, 6) is -1.69. The van der Waals surface area contributed by atoms with Crippen molar-refractivity contribution in [3.05, 3.63) is 0 Å². The lowest BCUT2D eigenvalue weighted by atomic mass is 10.0. The number of nitrogens with zero attached hydrogens (tertiary/aromatic N) is 2. The molecule has 0 saturated heterocycles. The summed E-state index contributed by atoms with van der Waals surface area (Å²) in [5, 5.41) is 19.3. The molecular weight excluding hydrogens is 416 g/mol. The van der Waals surface area contributed by atoms with Crippen molar-refractivity contribution >= 4 is 11.9 Å². The van der Waals surface area contributed by atoms with Crippen LogP contribution in [0.25, 0.3) is 0 Å². The molecule has 0 radical (unpaired) electrons. The van der Waals surface area contributed by atoms with Crippen molar-refractivity contribution in [2.45, 2.75) is 122 Å². The van der Waals surface area contributed by atoms with Crippen LogP contribution in [-0.4, -0.2) is 74.3 Å². The van der Waals surface area contributed by atoms with Crippen LogP contribution in [0.15, 0.2) is 0 Å². The molecule has 0 aromatic heterocycles. The summed E-state index contributed by atoms with van der Waals surface area (Å²) >= 11 is 0. The maximum Gasteiger partial charge on any atom is 0.317 e. The van der Waals surface area contributed by atoms with Crippen LogP contribution in [-0.2, 0) is 9.59 Å². The first-order valence-electron chi connectivity index (χ1n) is 13.4. The quantitative estimate of drug-likeness (QED) is 0.186. The molecule has 1 N–H and O–H groups in total. The van der Waals surface area contributed by atoms with E-state index in [9.17, 15) is 14.7 Å². The Kier molecular flexibility index (Phi) is 23.3. The highest BCUT2D eigenvalue weighted by atomic mass is 16.4. The molecule has 0 spiro atoms. The second-order valence-electron chi connectivity index (χ2n) is 10.7. The molecule has 0 aromatic rings. The molecule has 6 heteroatoms. The second kappa shape index (κ2) is 22.6. The van der Waals surface area contributed by atoms with Gasteiger partial charge in [-0.15, -0.1) is 0 Å². The molecule has 0 bridgehead atoms. The molecule has 0 saturated carbocycles. The van der Waals surface area contributed by atoms with E-state index in [1.165, 1.54) is 89.9 Å². The number of carbonyl (C=O) groups is 2. The molecule has 198 valence electrons. The highest BCUT2D eigenvalue weighted by Gasteiger charge is 2.24. The van der Waals surface area contributed by atoms with Crippen LogP contribution in [0.4, 0.5) is 0 Å². The number of carboxylic acid groups (broad SMARTS) is 2. The van der Waals surface area contributed by atoms with Gasteiger partial charge >= 0.3 is 5.97 Å². The van der Waals surface area contributed by atoms with E-state index in [4.69, 9.17) is 5.11 Å². The molecule has 0 fully saturated rings. The molecule has 0 aliphatic rings. The summed E-state index contributed by atoms with van der Waals surface area (Å²) in [5.41, 5.74) is 0. The van der Waals surface area contributed by atoms with Gasteiger partial charge in [0, 0.05) is 6.42 Å². The number of aliphatic carboxylic acids is 2. The van der Waals surface area contributed by atoms with Gasteiger partial charge < -0.3 is 19.5 Å². The van der Waals surface area contributed by atoms with Crippen LogP contribution in [0.3, 0.4) is 0 Å². The standard InChI is InChI=1S/C23H47NO2.C4H9NO2/c1-5-6-7-8-9-10-11-12-13-14-15-16-17-18-19-20-21-22(23(25)26)24(2,3)4;1-5(2)3-4(6)7/h22H,5-21H2,1-4H3;3H2,1-2H3,(H,6,7). The number of hydrogen-bond donors (Lipinski definition) is 1. The van der Waals surface area contributed by atoms with E-state index >= 15 is 0 Å². The van der Waals surface area contributed by atoms with Gasteiger partial charge in [-0.05, 0) is 20.5 Å². The minimum absolute atomic E-state index is 0.111. The van der Waals surface area contributed by atoms with Gasteiger partial charge in [-0.3, -0.25) is 9.69 Å². The Balaban J connectivity index is 0. The summed E-state index contributed by atoms with van der Waals surface area (Å²) in [7, 11) is 9.25. The number of carboxylic acids is 2. The average molecular weight is 473 g/mol. The lowest BCUT2D eigenvalue weighted by molar-refractivity contribution is -0.889. The molecular formula is C27H56N2O4. The van der Waals surface area contributed by atoms with Gasteiger partial charge in [-0.25, -0.2) is 0 Å². The first-order valence-corrected chi connectivity index (χ1v) is 13.4. The fourth-order valence-corrected chi connectivity index (χ4v) is 3.98. The zero-order chi connectivity index (χ0) is 25.5. The fraction of sp³-hybridized carbons (Fsp3) is 0.926. The van der Waals surface area contributed by atoms with E-state index in [0.717, 1.165) is 19.3 Å². The minimum Gasteiger partial charge on any atom is -0.544 e. The molecule has 0 amide bonds. The monoisotopic (exact) mass is 472 g/mol. The lowest BCUT2D eigenvalue weighted by Crippen LogP contribution is -2.54. The van der Waals surface area contributed by atoms with Crippen LogP contribution in [0.5, 0.6) is 0 Å². The summed E-state index contributed by atoms with van der Waals surface area (Å²) in [6.45, 7) is 2.39. The van der Waals surface area contributed by atoms with Crippen LogP contribution in [0, 0.1) is 0 Å². The van der Waals surface area contributed by atoms with Gasteiger partial charge in [0.25, 0.3) is 0 Å². The Labute approximate surface area is 205 Å². The van der Waals surface area contributed by atoms with Gasteiger partial charge in [0.1, 0.15) is 6.04 Å². The van der Waals surface area contributed by atoms with Crippen LogP contribution < -0.4 is 5.11 Å². The predicted molar refractivity (Wildman–Crippen MR) is 137 cm³/mol. The van der Waals surface area contributed by atoms with Gasteiger partial charge in [0.2, 0.25) is 0 Å². The van der Waals surface area contributed by atoms with Gasteiger partial charge in [0.05, 0.1) is 33.7 Å². The third kappa shape index (κ3) is 27.0. The maximum atomic E-state index is 11.2. The average Bonchev–Trinajstić information content (AvgIpc) is 2.68. The fourth-order valence-electron chi connectivity index (χ4n) is 3.98. The van der Waals surface area contributed by atoms with E-state index in [0.29, 0.717) is 4.48 Å². The SMILES string of the molecule is CCCCCCCCCCCCCCCCCCC(C(=O)[O-])[N+](C)(C)C.CN(C)CC(=O)O. The molecule has 0 aliphatic carbocycles. The molecule has 1 atom stereocenters. The lowest BCUT2D eigenvalue weighted by Gasteiger charge is -2.34. The third-order valence-corrected chi connectivity index (χ3v) is 5.99.